The molecule has 0 bridgehead atoms. The van der Waals surface area contributed by atoms with Crippen LogP contribution in [0.3, 0.4) is 0 Å². The molecule has 1 fully saturated rings. The van der Waals surface area contributed by atoms with Gasteiger partial charge in [0, 0.05) is 18.7 Å². The highest BCUT2D eigenvalue weighted by Crippen LogP contribution is 2.45. The van der Waals surface area contributed by atoms with Crippen LogP contribution in [0.25, 0.3) is 0 Å². The first-order valence-corrected chi connectivity index (χ1v) is 5.77. The monoisotopic (exact) mass is 222 g/mol. The second kappa shape index (κ2) is 4.52. The Kier molecular flexibility index (Phi) is 3.26. The summed E-state index contributed by atoms with van der Waals surface area (Å²) in [6, 6.07) is 6.95. The van der Waals surface area contributed by atoms with Gasteiger partial charge >= 0.3 is 0 Å². The van der Waals surface area contributed by atoms with Gasteiger partial charge in [-0.05, 0) is 37.9 Å². The van der Waals surface area contributed by atoms with E-state index in [1.807, 2.05) is 19.2 Å². The number of rotatable bonds is 5. The highest BCUT2D eigenvalue weighted by Gasteiger charge is 2.41. The first-order valence-electron chi connectivity index (χ1n) is 5.77. The molecule has 1 aromatic carbocycles. The molecule has 0 spiro atoms. The molecule has 88 valence electrons. The van der Waals surface area contributed by atoms with Crippen LogP contribution in [0.4, 0.5) is 4.39 Å². The van der Waals surface area contributed by atoms with Crippen LogP contribution in [0.1, 0.15) is 18.4 Å². The Morgan fingerprint density at radius 1 is 1.38 bits per heavy atom. The lowest BCUT2D eigenvalue weighted by Gasteiger charge is -2.22. The molecular weight excluding hydrogens is 203 g/mol. The minimum Gasteiger partial charge on any atom is -0.330 e. The van der Waals surface area contributed by atoms with E-state index in [1.165, 1.54) is 18.9 Å². The highest BCUT2D eigenvalue weighted by atomic mass is 19.1. The van der Waals surface area contributed by atoms with Gasteiger partial charge in [-0.3, -0.25) is 0 Å². The molecular formula is C13H19FN2. The van der Waals surface area contributed by atoms with Crippen molar-refractivity contribution in [3.63, 3.8) is 0 Å². The topological polar surface area (TPSA) is 29.3 Å². The van der Waals surface area contributed by atoms with Crippen LogP contribution in [-0.2, 0) is 6.54 Å². The summed E-state index contributed by atoms with van der Waals surface area (Å²) in [6.07, 6.45) is 2.43. The van der Waals surface area contributed by atoms with Crippen LogP contribution in [0.15, 0.2) is 24.3 Å². The lowest BCUT2D eigenvalue weighted by Crippen LogP contribution is -2.31. The predicted molar refractivity (Wildman–Crippen MR) is 63.5 cm³/mol. The summed E-state index contributed by atoms with van der Waals surface area (Å²) in [4.78, 5) is 2.16. The molecule has 3 heteroatoms. The zero-order chi connectivity index (χ0) is 11.6. The van der Waals surface area contributed by atoms with Crippen molar-refractivity contribution in [1.82, 2.24) is 4.90 Å². The Hall–Kier alpha value is -0.930. The van der Waals surface area contributed by atoms with E-state index in [2.05, 4.69) is 4.90 Å². The van der Waals surface area contributed by atoms with E-state index in [9.17, 15) is 4.39 Å². The maximum atomic E-state index is 13.4. The largest absolute Gasteiger partial charge is 0.330 e. The summed E-state index contributed by atoms with van der Waals surface area (Å²) in [5.41, 5.74) is 6.82. The van der Waals surface area contributed by atoms with E-state index >= 15 is 0 Å². The summed E-state index contributed by atoms with van der Waals surface area (Å²) in [6.45, 7) is 2.38. The Morgan fingerprint density at radius 3 is 2.62 bits per heavy atom. The Balaban J connectivity index is 1.92. The molecule has 1 aliphatic rings. The molecule has 0 heterocycles. The molecule has 0 amide bonds. The normalized spacial score (nSPS) is 17.8. The molecule has 1 aromatic rings. The minimum atomic E-state index is -0.119. The summed E-state index contributed by atoms with van der Waals surface area (Å²) < 4.78 is 13.4. The van der Waals surface area contributed by atoms with Gasteiger partial charge in [-0.1, -0.05) is 18.2 Å². The molecule has 0 unspecified atom stereocenters. The van der Waals surface area contributed by atoms with Gasteiger partial charge in [0.05, 0.1) is 0 Å². The van der Waals surface area contributed by atoms with Gasteiger partial charge < -0.3 is 10.6 Å². The van der Waals surface area contributed by atoms with E-state index in [0.29, 0.717) is 12.0 Å². The predicted octanol–water partition coefficient (Wildman–Crippen LogP) is 2.00. The second-order valence-electron chi connectivity index (χ2n) is 4.97. The molecule has 1 aliphatic carbocycles. The van der Waals surface area contributed by atoms with Crippen molar-refractivity contribution in [1.29, 1.82) is 0 Å². The third-order valence-corrected chi connectivity index (χ3v) is 3.39. The van der Waals surface area contributed by atoms with E-state index < -0.39 is 0 Å². The number of benzene rings is 1. The van der Waals surface area contributed by atoms with Crippen LogP contribution >= 0.6 is 0 Å². The molecule has 1 saturated carbocycles. The smallest absolute Gasteiger partial charge is 0.127 e. The van der Waals surface area contributed by atoms with Gasteiger partial charge in [0.2, 0.25) is 0 Å². The van der Waals surface area contributed by atoms with E-state index in [4.69, 9.17) is 5.73 Å². The molecule has 2 nitrogen and oxygen atoms in total. The molecule has 0 aromatic heterocycles. The second-order valence-corrected chi connectivity index (χ2v) is 4.97. The Bertz CT molecular complexity index is 361. The van der Waals surface area contributed by atoms with Crippen LogP contribution < -0.4 is 5.73 Å². The molecule has 2 rings (SSSR count). The minimum absolute atomic E-state index is 0.119. The number of nitrogens with zero attached hydrogens (tertiary/aromatic N) is 1. The number of halogens is 1. The fourth-order valence-corrected chi connectivity index (χ4v) is 2.15. The number of nitrogens with two attached hydrogens (primary N) is 1. The van der Waals surface area contributed by atoms with Crippen molar-refractivity contribution >= 4 is 0 Å². The maximum absolute atomic E-state index is 13.4. The van der Waals surface area contributed by atoms with Gasteiger partial charge in [0.15, 0.2) is 0 Å². The van der Waals surface area contributed by atoms with Crippen molar-refractivity contribution in [3.8, 4) is 0 Å². The summed E-state index contributed by atoms with van der Waals surface area (Å²) in [5, 5.41) is 0. The molecule has 0 radical (unpaired) electrons. The fraction of sp³-hybridized carbons (Fsp3) is 0.538. The van der Waals surface area contributed by atoms with Gasteiger partial charge in [0.1, 0.15) is 5.82 Å². The van der Waals surface area contributed by atoms with Crippen LogP contribution in [0, 0.1) is 11.2 Å². The lowest BCUT2D eigenvalue weighted by atomic mass is 10.1. The van der Waals surface area contributed by atoms with Crippen molar-refractivity contribution in [2.45, 2.75) is 19.4 Å². The van der Waals surface area contributed by atoms with Crippen LogP contribution in [0.5, 0.6) is 0 Å². The number of hydrogen-bond donors (Lipinski definition) is 1. The summed E-state index contributed by atoms with van der Waals surface area (Å²) >= 11 is 0. The van der Waals surface area contributed by atoms with E-state index in [1.54, 1.807) is 6.07 Å². The standard InChI is InChI=1S/C13H19FN2/c1-16(10-13(9-15)6-7-13)8-11-4-2-3-5-12(11)14/h2-5H,6-10,15H2,1H3. The first kappa shape index (κ1) is 11.6. The van der Waals surface area contributed by atoms with E-state index in [-0.39, 0.29) is 5.82 Å². The van der Waals surface area contributed by atoms with Gasteiger partial charge in [-0.2, -0.15) is 0 Å². The van der Waals surface area contributed by atoms with Crippen LogP contribution in [0.2, 0.25) is 0 Å². The van der Waals surface area contributed by atoms with Crippen molar-refractivity contribution in [3.05, 3.63) is 35.6 Å². The SMILES string of the molecule is CN(Cc1ccccc1F)CC1(CN)CC1. The summed E-state index contributed by atoms with van der Waals surface area (Å²) in [7, 11) is 2.03. The first-order chi connectivity index (χ1) is 7.65. The van der Waals surface area contributed by atoms with Crippen molar-refractivity contribution in [2.24, 2.45) is 11.1 Å². The molecule has 2 N–H and O–H groups in total. The van der Waals surface area contributed by atoms with Crippen LogP contribution in [-0.4, -0.2) is 25.0 Å². The quantitative estimate of drug-likeness (QED) is 0.825. The molecule has 16 heavy (non-hydrogen) atoms. The lowest BCUT2D eigenvalue weighted by molar-refractivity contribution is 0.256. The summed E-state index contributed by atoms with van der Waals surface area (Å²) in [5.74, 6) is -0.119. The zero-order valence-electron chi connectivity index (χ0n) is 9.75. The molecule has 0 atom stereocenters. The van der Waals surface area contributed by atoms with E-state index in [0.717, 1.165) is 18.7 Å². The van der Waals surface area contributed by atoms with Gasteiger partial charge in [-0.15, -0.1) is 0 Å². The maximum Gasteiger partial charge on any atom is 0.127 e. The Morgan fingerprint density at radius 2 is 2.06 bits per heavy atom. The highest BCUT2D eigenvalue weighted by molar-refractivity contribution is 5.17. The zero-order valence-corrected chi connectivity index (χ0v) is 9.75. The van der Waals surface area contributed by atoms with Gasteiger partial charge in [0.25, 0.3) is 0 Å². The number of hydrogen-bond acceptors (Lipinski definition) is 2. The third kappa shape index (κ3) is 2.60. The van der Waals surface area contributed by atoms with Gasteiger partial charge in [-0.25, -0.2) is 4.39 Å². The molecule has 0 aliphatic heterocycles. The fourth-order valence-electron chi connectivity index (χ4n) is 2.15. The van der Waals surface area contributed by atoms with Crippen molar-refractivity contribution < 1.29 is 4.39 Å². The third-order valence-electron chi connectivity index (χ3n) is 3.39. The molecule has 0 saturated heterocycles. The average molecular weight is 222 g/mol. The average Bonchev–Trinajstić information content (AvgIpc) is 3.02. The van der Waals surface area contributed by atoms with Crippen molar-refractivity contribution in [2.75, 3.05) is 20.1 Å². The Labute approximate surface area is 96.2 Å².